The van der Waals surface area contributed by atoms with Gasteiger partial charge in [-0.2, -0.15) is 0 Å². The molecule has 0 bridgehead atoms. The van der Waals surface area contributed by atoms with Gasteiger partial charge in [-0.05, 0) is 30.7 Å². The van der Waals surface area contributed by atoms with Crippen LogP contribution in [-0.4, -0.2) is 11.5 Å². The third-order valence-electron chi connectivity index (χ3n) is 2.67. The average Bonchev–Trinajstić information content (AvgIpc) is 2.36. The van der Waals surface area contributed by atoms with Crippen molar-refractivity contribution in [2.75, 3.05) is 5.75 Å². The van der Waals surface area contributed by atoms with E-state index < -0.39 is 0 Å². The highest BCUT2D eigenvalue weighted by molar-refractivity contribution is 7.99. The fourth-order valence-corrected chi connectivity index (χ4v) is 2.56. The molecular weight excluding hydrogens is 228 g/mol. The highest BCUT2D eigenvalue weighted by Crippen LogP contribution is 2.20. The van der Waals surface area contributed by atoms with E-state index in [0.717, 1.165) is 12.0 Å². The van der Waals surface area contributed by atoms with Crippen LogP contribution in [0, 0.1) is 0 Å². The topological polar surface area (TPSA) is 17.1 Å². The summed E-state index contributed by atoms with van der Waals surface area (Å²) in [5.74, 6) is 1.44. The molecule has 0 saturated carbocycles. The van der Waals surface area contributed by atoms with E-state index in [1.165, 1.54) is 29.9 Å². The van der Waals surface area contributed by atoms with Crippen LogP contribution >= 0.6 is 11.8 Å². The van der Waals surface area contributed by atoms with Crippen molar-refractivity contribution in [2.24, 2.45) is 0 Å². The molecule has 0 heterocycles. The first kappa shape index (κ1) is 14.3. The van der Waals surface area contributed by atoms with Gasteiger partial charge in [0.05, 0.1) is 0 Å². The minimum Gasteiger partial charge on any atom is -0.294 e. The van der Waals surface area contributed by atoms with Gasteiger partial charge in [0.1, 0.15) is 0 Å². The lowest BCUT2D eigenvalue weighted by Crippen LogP contribution is -1.97. The SMILES string of the molecule is CCCCCSc1ccc(C(=O)CCC)cc1. The number of carbonyl (C=O) groups is 1. The number of rotatable bonds is 8. The number of Topliss-reactive ketones (excluding diaryl/α,β-unsaturated/α-hetero) is 1. The summed E-state index contributed by atoms with van der Waals surface area (Å²) in [6.07, 6.45) is 5.43. The molecule has 0 unspecified atom stereocenters. The lowest BCUT2D eigenvalue weighted by Gasteiger charge is -2.03. The Hall–Kier alpha value is -0.760. The van der Waals surface area contributed by atoms with Crippen molar-refractivity contribution in [1.29, 1.82) is 0 Å². The number of hydrogen-bond donors (Lipinski definition) is 0. The maximum Gasteiger partial charge on any atom is 0.162 e. The number of benzene rings is 1. The Labute approximate surface area is 109 Å². The summed E-state index contributed by atoms with van der Waals surface area (Å²) in [5, 5.41) is 0. The van der Waals surface area contributed by atoms with Crippen molar-refractivity contribution in [3.8, 4) is 0 Å². The Morgan fingerprint density at radius 3 is 2.35 bits per heavy atom. The lowest BCUT2D eigenvalue weighted by molar-refractivity contribution is 0.0981. The molecule has 0 fully saturated rings. The van der Waals surface area contributed by atoms with Crippen molar-refractivity contribution in [2.45, 2.75) is 50.8 Å². The molecule has 0 aliphatic rings. The summed E-state index contributed by atoms with van der Waals surface area (Å²) < 4.78 is 0. The fraction of sp³-hybridized carbons (Fsp3) is 0.533. The largest absolute Gasteiger partial charge is 0.294 e. The second-order valence-corrected chi connectivity index (χ2v) is 5.42. The predicted molar refractivity (Wildman–Crippen MR) is 75.9 cm³/mol. The van der Waals surface area contributed by atoms with Crippen LogP contribution in [0.5, 0.6) is 0 Å². The molecule has 0 aromatic heterocycles. The number of unbranched alkanes of at least 4 members (excludes halogenated alkanes) is 2. The van der Waals surface area contributed by atoms with Crippen LogP contribution in [0.3, 0.4) is 0 Å². The highest BCUT2D eigenvalue weighted by atomic mass is 32.2. The average molecular weight is 250 g/mol. The number of carbonyl (C=O) groups excluding carboxylic acids is 1. The molecule has 0 spiro atoms. The molecule has 1 aromatic carbocycles. The molecule has 1 nitrogen and oxygen atoms in total. The summed E-state index contributed by atoms with van der Waals surface area (Å²) in [6.45, 7) is 4.26. The molecule has 94 valence electrons. The monoisotopic (exact) mass is 250 g/mol. The smallest absolute Gasteiger partial charge is 0.162 e. The van der Waals surface area contributed by atoms with Gasteiger partial charge >= 0.3 is 0 Å². The maximum atomic E-state index is 11.6. The molecule has 0 amide bonds. The van der Waals surface area contributed by atoms with Gasteiger partial charge in [-0.3, -0.25) is 4.79 Å². The van der Waals surface area contributed by atoms with E-state index in [9.17, 15) is 4.79 Å². The Morgan fingerprint density at radius 2 is 1.76 bits per heavy atom. The zero-order chi connectivity index (χ0) is 12.5. The Bertz CT molecular complexity index is 329. The molecule has 0 aliphatic heterocycles. The van der Waals surface area contributed by atoms with E-state index in [1.807, 2.05) is 30.8 Å². The first-order valence-corrected chi connectivity index (χ1v) is 7.52. The third-order valence-corrected chi connectivity index (χ3v) is 3.77. The second-order valence-electron chi connectivity index (χ2n) is 4.25. The van der Waals surface area contributed by atoms with E-state index >= 15 is 0 Å². The molecule has 2 heteroatoms. The van der Waals surface area contributed by atoms with Crippen molar-refractivity contribution in [1.82, 2.24) is 0 Å². The van der Waals surface area contributed by atoms with Gasteiger partial charge < -0.3 is 0 Å². The van der Waals surface area contributed by atoms with Crippen LogP contribution in [0.4, 0.5) is 0 Å². The van der Waals surface area contributed by atoms with Crippen molar-refractivity contribution < 1.29 is 4.79 Å². The Morgan fingerprint density at radius 1 is 1.06 bits per heavy atom. The van der Waals surface area contributed by atoms with Gasteiger partial charge in [0.15, 0.2) is 5.78 Å². The van der Waals surface area contributed by atoms with Crippen LogP contribution in [0.2, 0.25) is 0 Å². The second kappa shape index (κ2) is 8.35. The summed E-state index contributed by atoms with van der Waals surface area (Å²) >= 11 is 1.88. The first-order chi connectivity index (χ1) is 8.27. The number of hydrogen-bond acceptors (Lipinski definition) is 2. The van der Waals surface area contributed by atoms with Crippen LogP contribution in [-0.2, 0) is 0 Å². The van der Waals surface area contributed by atoms with Gasteiger partial charge in [-0.15, -0.1) is 11.8 Å². The van der Waals surface area contributed by atoms with Crippen LogP contribution in [0.15, 0.2) is 29.2 Å². The number of ketones is 1. The quantitative estimate of drug-likeness (QED) is 0.369. The van der Waals surface area contributed by atoms with Gasteiger partial charge in [0.2, 0.25) is 0 Å². The Balaban J connectivity index is 2.42. The summed E-state index contributed by atoms with van der Waals surface area (Å²) in [5.41, 5.74) is 0.852. The van der Waals surface area contributed by atoms with E-state index in [0.29, 0.717) is 6.42 Å². The third kappa shape index (κ3) is 5.40. The predicted octanol–water partition coefficient (Wildman–Crippen LogP) is 4.95. The van der Waals surface area contributed by atoms with Crippen LogP contribution in [0.1, 0.15) is 56.3 Å². The van der Waals surface area contributed by atoms with Gasteiger partial charge in [0, 0.05) is 16.9 Å². The zero-order valence-corrected chi connectivity index (χ0v) is 11.7. The van der Waals surface area contributed by atoms with Crippen molar-refractivity contribution in [3.05, 3.63) is 29.8 Å². The minimum atomic E-state index is 0.259. The maximum absolute atomic E-state index is 11.6. The van der Waals surface area contributed by atoms with E-state index in [2.05, 4.69) is 19.1 Å². The molecule has 17 heavy (non-hydrogen) atoms. The van der Waals surface area contributed by atoms with Crippen LogP contribution < -0.4 is 0 Å². The van der Waals surface area contributed by atoms with Crippen LogP contribution in [0.25, 0.3) is 0 Å². The molecule has 0 radical (unpaired) electrons. The minimum absolute atomic E-state index is 0.259. The van der Waals surface area contributed by atoms with E-state index in [4.69, 9.17) is 0 Å². The standard InChI is InChI=1S/C15H22OS/c1-3-5-6-12-17-14-10-8-13(9-11-14)15(16)7-4-2/h8-11H,3-7,12H2,1-2H3. The van der Waals surface area contributed by atoms with E-state index in [-0.39, 0.29) is 5.78 Å². The van der Waals surface area contributed by atoms with Crippen molar-refractivity contribution >= 4 is 17.5 Å². The Kier molecular flexibility index (Phi) is 7.02. The van der Waals surface area contributed by atoms with E-state index in [1.54, 1.807) is 0 Å². The molecule has 0 N–H and O–H groups in total. The normalized spacial score (nSPS) is 10.5. The molecule has 0 saturated heterocycles. The fourth-order valence-electron chi connectivity index (χ4n) is 1.65. The summed E-state index contributed by atoms with van der Waals surface area (Å²) in [6, 6.07) is 8.05. The van der Waals surface area contributed by atoms with Gasteiger partial charge in [-0.1, -0.05) is 38.8 Å². The molecule has 0 atom stereocenters. The molecular formula is C15H22OS. The van der Waals surface area contributed by atoms with Crippen molar-refractivity contribution in [3.63, 3.8) is 0 Å². The molecule has 0 aliphatic carbocycles. The zero-order valence-electron chi connectivity index (χ0n) is 10.9. The lowest BCUT2D eigenvalue weighted by atomic mass is 10.1. The summed E-state index contributed by atoms with van der Waals surface area (Å²) in [7, 11) is 0. The van der Waals surface area contributed by atoms with Gasteiger partial charge in [-0.25, -0.2) is 0 Å². The molecule has 1 rings (SSSR count). The number of thioether (sulfide) groups is 1. The summed E-state index contributed by atoms with van der Waals surface area (Å²) in [4.78, 5) is 12.9. The van der Waals surface area contributed by atoms with Gasteiger partial charge in [0.25, 0.3) is 0 Å². The molecule has 1 aromatic rings. The first-order valence-electron chi connectivity index (χ1n) is 6.54. The highest BCUT2D eigenvalue weighted by Gasteiger charge is 2.03.